The lowest BCUT2D eigenvalue weighted by Crippen LogP contribution is -2.26. The number of ether oxygens (including phenoxy) is 3. The van der Waals surface area contributed by atoms with Crippen LogP contribution in [-0.4, -0.2) is 31.1 Å². The topological polar surface area (TPSA) is 40.6 Å². The van der Waals surface area contributed by atoms with Crippen LogP contribution < -0.4 is 4.74 Å². The van der Waals surface area contributed by atoms with Crippen molar-refractivity contribution in [3.8, 4) is 16.9 Å². The summed E-state index contributed by atoms with van der Waals surface area (Å²) in [6.07, 6.45) is 3.38. The maximum absolute atomic E-state index is 6.16. The Bertz CT molecular complexity index is 887. The van der Waals surface area contributed by atoms with Crippen molar-refractivity contribution < 1.29 is 14.2 Å². The second-order valence-electron chi connectivity index (χ2n) is 6.51. The van der Waals surface area contributed by atoms with E-state index in [1.54, 1.807) is 0 Å². The smallest absolute Gasteiger partial charge is 0.160 e. The van der Waals surface area contributed by atoms with Gasteiger partial charge in [-0.3, -0.25) is 4.98 Å². The van der Waals surface area contributed by atoms with E-state index >= 15 is 0 Å². The largest absolute Gasteiger partial charge is 0.493 e. The fraction of sp³-hybridized carbons (Fsp3) is 0.318. The average Bonchev–Trinajstić information content (AvgIpc) is 2.68. The molecule has 1 fully saturated rings. The Hall–Kier alpha value is -2.43. The molecule has 0 spiro atoms. The van der Waals surface area contributed by atoms with Crippen LogP contribution in [0.4, 0.5) is 0 Å². The molecule has 0 atom stereocenters. The predicted molar refractivity (Wildman–Crippen MR) is 102 cm³/mol. The van der Waals surface area contributed by atoms with Gasteiger partial charge in [0.25, 0.3) is 0 Å². The molecule has 0 N–H and O–H groups in total. The summed E-state index contributed by atoms with van der Waals surface area (Å²) in [5.41, 5.74) is 3.22. The van der Waals surface area contributed by atoms with E-state index in [0.717, 1.165) is 48.6 Å². The Morgan fingerprint density at radius 1 is 1.08 bits per heavy atom. The highest BCUT2D eigenvalue weighted by molar-refractivity contribution is 5.99. The zero-order valence-electron chi connectivity index (χ0n) is 15.0. The van der Waals surface area contributed by atoms with Gasteiger partial charge in [-0.1, -0.05) is 30.3 Å². The number of aryl methyl sites for hydroxylation is 1. The monoisotopic (exact) mass is 349 g/mol. The molecule has 0 aliphatic carbocycles. The number of hydrogen-bond acceptors (Lipinski definition) is 4. The summed E-state index contributed by atoms with van der Waals surface area (Å²) in [7, 11) is 0. The molecule has 26 heavy (non-hydrogen) atoms. The standard InChI is InChI=1S/C22H23NO3/c1-16-15-18(9-11-23-16)22-19-6-3-2-5-17(19)7-8-20(22)24-14-10-21-25-12-4-13-26-21/h2-3,5-9,11,15,21H,4,10,12-14H2,1H3. The summed E-state index contributed by atoms with van der Waals surface area (Å²) in [4.78, 5) is 4.32. The first-order chi connectivity index (χ1) is 12.8. The molecule has 2 heterocycles. The van der Waals surface area contributed by atoms with Gasteiger partial charge in [-0.25, -0.2) is 0 Å². The summed E-state index contributed by atoms with van der Waals surface area (Å²) in [6.45, 7) is 4.09. The second kappa shape index (κ2) is 7.85. The number of aromatic nitrogens is 1. The van der Waals surface area contributed by atoms with Crippen LogP contribution in [0.15, 0.2) is 54.7 Å². The Kier molecular flexibility index (Phi) is 5.14. The number of benzene rings is 2. The lowest BCUT2D eigenvalue weighted by Gasteiger charge is -2.23. The summed E-state index contributed by atoms with van der Waals surface area (Å²) in [5, 5.41) is 2.38. The van der Waals surface area contributed by atoms with Crippen LogP contribution in [0, 0.1) is 6.92 Å². The van der Waals surface area contributed by atoms with E-state index in [9.17, 15) is 0 Å². The maximum atomic E-state index is 6.16. The van der Waals surface area contributed by atoms with E-state index < -0.39 is 0 Å². The fourth-order valence-electron chi connectivity index (χ4n) is 3.34. The molecule has 1 aliphatic rings. The van der Waals surface area contributed by atoms with E-state index in [-0.39, 0.29) is 6.29 Å². The van der Waals surface area contributed by atoms with Gasteiger partial charge in [0.2, 0.25) is 0 Å². The molecule has 1 aromatic heterocycles. The zero-order valence-corrected chi connectivity index (χ0v) is 15.0. The molecule has 4 rings (SSSR count). The van der Waals surface area contributed by atoms with Crippen molar-refractivity contribution in [3.63, 3.8) is 0 Å². The molecule has 0 saturated carbocycles. The summed E-state index contributed by atoms with van der Waals surface area (Å²) in [6, 6.07) is 16.7. The molecule has 1 aliphatic heterocycles. The summed E-state index contributed by atoms with van der Waals surface area (Å²) in [5.74, 6) is 0.880. The molecule has 1 saturated heterocycles. The van der Waals surface area contributed by atoms with E-state index in [2.05, 4.69) is 47.4 Å². The lowest BCUT2D eigenvalue weighted by molar-refractivity contribution is -0.183. The highest BCUT2D eigenvalue weighted by Gasteiger charge is 2.16. The molecule has 0 radical (unpaired) electrons. The van der Waals surface area contributed by atoms with Gasteiger partial charge in [0, 0.05) is 23.9 Å². The summed E-state index contributed by atoms with van der Waals surface area (Å²) < 4.78 is 17.4. The predicted octanol–water partition coefficient (Wildman–Crippen LogP) is 4.74. The highest BCUT2D eigenvalue weighted by Crippen LogP contribution is 2.37. The average molecular weight is 349 g/mol. The molecule has 2 aromatic carbocycles. The van der Waals surface area contributed by atoms with Gasteiger partial charge < -0.3 is 14.2 Å². The number of hydrogen-bond donors (Lipinski definition) is 0. The molecule has 4 heteroatoms. The first-order valence-electron chi connectivity index (χ1n) is 9.12. The van der Waals surface area contributed by atoms with E-state index in [4.69, 9.17) is 14.2 Å². The Morgan fingerprint density at radius 3 is 2.77 bits per heavy atom. The van der Waals surface area contributed by atoms with Gasteiger partial charge in [0.05, 0.1) is 19.8 Å². The normalized spacial score (nSPS) is 15.3. The van der Waals surface area contributed by atoms with Crippen LogP contribution in [0.1, 0.15) is 18.5 Å². The minimum absolute atomic E-state index is 0.157. The van der Waals surface area contributed by atoms with Gasteiger partial charge in [-0.2, -0.15) is 0 Å². The lowest BCUT2D eigenvalue weighted by atomic mass is 9.97. The molecule has 0 amide bonds. The van der Waals surface area contributed by atoms with Crippen molar-refractivity contribution in [1.82, 2.24) is 4.98 Å². The van der Waals surface area contributed by atoms with E-state index in [1.807, 2.05) is 19.2 Å². The molecule has 0 bridgehead atoms. The number of nitrogens with zero attached hydrogens (tertiary/aromatic N) is 1. The van der Waals surface area contributed by atoms with Gasteiger partial charge in [-0.15, -0.1) is 0 Å². The zero-order chi connectivity index (χ0) is 17.8. The van der Waals surface area contributed by atoms with E-state index in [1.165, 1.54) is 10.8 Å². The number of pyridine rings is 1. The molecule has 134 valence electrons. The fourth-order valence-corrected chi connectivity index (χ4v) is 3.34. The van der Waals surface area contributed by atoms with Crippen molar-refractivity contribution in [2.24, 2.45) is 0 Å². The Labute approximate surface area is 153 Å². The van der Waals surface area contributed by atoms with Gasteiger partial charge in [0.1, 0.15) is 5.75 Å². The van der Waals surface area contributed by atoms with Crippen LogP contribution in [0.25, 0.3) is 21.9 Å². The maximum Gasteiger partial charge on any atom is 0.160 e. The van der Waals surface area contributed by atoms with Crippen molar-refractivity contribution in [1.29, 1.82) is 0 Å². The van der Waals surface area contributed by atoms with Crippen molar-refractivity contribution in [2.45, 2.75) is 26.1 Å². The Balaban J connectivity index is 1.64. The van der Waals surface area contributed by atoms with Crippen molar-refractivity contribution in [2.75, 3.05) is 19.8 Å². The highest BCUT2D eigenvalue weighted by atomic mass is 16.7. The van der Waals surface area contributed by atoms with Crippen LogP contribution in [0.5, 0.6) is 5.75 Å². The van der Waals surface area contributed by atoms with Crippen LogP contribution in [-0.2, 0) is 9.47 Å². The van der Waals surface area contributed by atoms with Crippen LogP contribution >= 0.6 is 0 Å². The first kappa shape index (κ1) is 17.0. The second-order valence-corrected chi connectivity index (χ2v) is 6.51. The first-order valence-corrected chi connectivity index (χ1v) is 9.12. The summed E-state index contributed by atoms with van der Waals surface area (Å²) >= 11 is 0. The molecular weight excluding hydrogens is 326 g/mol. The third-order valence-corrected chi connectivity index (χ3v) is 4.58. The SMILES string of the molecule is Cc1cc(-c2c(OCCC3OCCCO3)ccc3ccccc23)ccn1. The minimum Gasteiger partial charge on any atom is -0.493 e. The van der Waals surface area contributed by atoms with Crippen molar-refractivity contribution in [3.05, 3.63) is 60.4 Å². The molecule has 3 aromatic rings. The van der Waals surface area contributed by atoms with Gasteiger partial charge in [-0.05, 0) is 47.9 Å². The van der Waals surface area contributed by atoms with Crippen LogP contribution in [0.3, 0.4) is 0 Å². The van der Waals surface area contributed by atoms with E-state index in [0.29, 0.717) is 6.61 Å². The van der Waals surface area contributed by atoms with Gasteiger partial charge >= 0.3 is 0 Å². The Morgan fingerprint density at radius 2 is 1.92 bits per heavy atom. The minimum atomic E-state index is -0.157. The number of rotatable bonds is 5. The molecule has 0 unspecified atom stereocenters. The quantitative estimate of drug-likeness (QED) is 0.667. The number of fused-ring (bicyclic) bond motifs is 1. The molecule has 4 nitrogen and oxygen atoms in total. The third kappa shape index (κ3) is 3.71. The van der Waals surface area contributed by atoms with Gasteiger partial charge in [0.15, 0.2) is 6.29 Å². The third-order valence-electron chi connectivity index (χ3n) is 4.58. The van der Waals surface area contributed by atoms with Crippen molar-refractivity contribution >= 4 is 10.8 Å². The van der Waals surface area contributed by atoms with Crippen LogP contribution in [0.2, 0.25) is 0 Å². The molecular formula is C22H23NO3.